The van der Waals surface area contributed by atoms with Gasteiger partial charge in [-0.3, -0.25) is 4.57 Å². The highest BCUT2D eigenvalue weighted by Gasteiger charge is 2.13. The third-order valence-electron chi connectivity index (χ3n) is 4.26. The second-order valence-corrected chi connectivity index (χ2v) is 5.95. The molecular formula is C18H20N4O. The van der Waals surface area contributed by atoms with Crippen LogP contribution in [0.1, 0.15) is 12.8 Å². The zero-order valence-corrected chi connectivity index (χ0v) is 13.0. The minimum Gasteiger partial charge on any atom is -0.381 e. The van der Waals surface area contributed by atoms with Crippen LogP contribution in [0.2, 0.25) is 0 Å². The van der Waals surface area contributed by atoms with E-state index in [1.54, 1.807) is 0 Å². The number of hydrogen-bond donors (Lipinski definition) is 1. The Morgan fingerprint density at radius 1 is 1.17 bits per heavy atom. The molecule has 23 heavy (non-hydrogen) atoms. The summed E-state index contributed by atoms with van der Waals surface area (Å²) in [5.41, 5.74) is 2.05. The van der Waals surface area contributed by atoms with Gasteiger partial charge in [0.1, 0.15) is 18.0 Å². The Morgan fingerprint density at radius 2 is 2.13 bits per heavy atom. The van der Waals surface area contributed by atoms with Crippen molar-refractivity contribution in [3.8, 4) is 5.82 Å². The minimum absolute atomic E-state index is 0.572. The second kappa shape index (κ2) is 6.38. The first-order chi connectivity index (χ1) is 11.4. The highest BCUT2D eigenvalue weighted by atomic mass is 16.5. The molecule has 5 nitrogen and oxygen atoms in total. The molecule has 1 aliphatic rings. The van der Waals surface area contributed by atoms with Gasteiger partial charge in [0.25, 0.3) is 0 Å². The van der Waals surface area contributed by atoms with Gasteiger partial charge in [0.05, 0.1) is 17.6 Å². The van der Waals surface area contributed by atoms with Crippen molar-refractivity contribution in [3.05, 3.63) is 48.8 Å². The fraction of sp³-hybridized carbons (Fsp3) is 0.333. The number of rotatable bonds is 4. The molecule has 0 unspecified atom stereocenters. The Morgan fingerprint density at radius 3 is 3.04 bits per heavy atom. The predicted molar refractivity (Wildman–Crippen MR) is 90.9 cm³/mol. The Balaban J connectivity index is 1.54. The van der Waals surface area contributed by atoms with E-state index in [1.807, 2.05) is 47.3 Å². The van der Waals surface area contributed by atoms with E-state index in [9.17, 15) is 0 Å². The van der Waals surface area contributed by atoms with Crippen molar-refractivity contribution < 1.29 is 4.74 Å². The number of ether oxygens (including phenoxy) is 1. The van der Waals surface area contributed by atoms with Gasteiger partial charge in [0, 0.05) is 13.2 Å². The summed E-state index contributed by atoms with van der Waals surface area (Å²) in [6.45, 7) is 2.65. The van der Waals surface area contributed by atoms with Crippen LogP contribution in [-0.4, -0.2) is 34.3 Å². The zero-order chi connectivity index (χ0) is 15.5. The smallest absolute Gasteiger partial charge is 0.140 e. The van der Waals surface area contributed by atoms with Gasteiger partial charge in [-0.05, 0) is 43.0 Å². The first kappa shape index (κ1) is 14.2. The molecule has 0 bridgehead atoms. The predicted octanol–water partition coefficient (Wildman–Crippen LogP) is 3.26. The molecule has 118 valence electrons. The Hall–Kier alpha value is -2.40. The molecule has 1 aliphatic heterocycles. The third-order valence-corrected chi connectivity index (χ3v) is 4.26. The number of para-hydroxylation sites is 2. The Labute approximate surface area is 135 Å². The summed E-state index contributed by atoms with van der Waals surface area (Å²) in [4.78, 5) is 9.15. The number of anilines is 1. The van der Waals surface area contributed by atoms with Crippen molar-refractivity contribution in [2.45, 2.75) is 12.8 Å². The van der Waals surface area contributed by atoms with E-state index < -0.39 is 0 Å². The summed E-state index contributed by atoms with van der Waals surface area (Å²) in [6.07, 6.45) is 4.20. The van der Waals surface area contributed by atoms with Crippen molar-refractivity contribution in [1.29, 1.82) is 0 Å². The summed E-state index contributed by atoms with van der Waals surface area (Å²) >= 11 is 0. The summed E-state index contributed by atoms with van der Waals surface area (Å²) in [5, 5.41) is 3.44. The van der Waals surface area contributed by atoms with Crippen molar-refractivity contribution >= 4 is 16.9 Å². The van der Waals surface area contributed by atoms with Crippen molar-refractivity contribution in [2.75, 3.05) is 25.1 Å². The third kappa shape index (κ3) is 3.05. The molecule has 2 aromatic heterocycles. The molecule has 1 atom stereocenters. The lowest BCUT2D eigenvalue weighted by Crippen LogP contribution is -2.24. The summed E-state index contributed by atoms with van der Waals surface area (Å²) in [5.74, 6) is 2.35. The number of fused-ring (bicyclic) bond motifs is 1. The van der Waals surface area contributed by atoms with Crippen LogP contribution < -0.4 is 5.32 Å². The van der Waals surface area contributed by atoms with E-state index in [2.05, 4.69) is 16.4 Å². The number of hydrogen-bond acceptors (Lipinski definition) is 4. The molecule has 4 rings (SSSR count). The van der Waals surface area contributed by atoms with Crippen LogP contribution in [0.5, 0.6) is 0 Å². The molecule has 1 aromatic carbocycles. The molecule has 3 heterocycles. The van der Waals surface area contributed by atoms with E-state index in [-0.39, 0.29) is 0 Å². The normalized spacial score (nSPS) is 18.2. The molecular weight excluding hydrogens is 288 g/mol. The van der Waals surface area contributed by atoms with Gasteiger partial charge in [-0.1, -0.05) is 18.2 Å². The molecule has 0 amide bonds. The Kier molecular flexibility index (Phi) is 3.94. The molecule has 3 aromatic rings. The molecule has 5 heteroatoms. The number of imidazole rings is 1. The van der Waals surface area contributed by atoms with Gasteiger partial charge in [-0.2, -0.15) is 0 Å². The van der Waals surface area contributed by atoms with Crippen molar-refractivity contribution in [2.24, 2.45) is 5.92 Å². The molecule has 0 radical (unpaired) electrons. The fourth-order valence-electron chi connectivity index (χ4n) is 3.01. The Bertz CT molecular complexity index is 792. The molecule has 0 aliphatic carbocycles. The summed E-state index contributed by atoms with van der Waals surface area (Å²) < 4.78 is 7.55. The second-order valence-electron chi connectivity index (χ2n) is 5.95. The van der Waals surface area contributed by atoms with Gasteiger partial charge in [-0.15, -0.1) is 0 Å². The van der Waals surface area contributed by atoms with E-state index in [0.717, 1.165) is 48.8 Å². The fourth-order valence-corrected chi connectivity index (χ4v) is 3.01. The maximum atomic E-state index is 5.53. The lowest BCUT2D eigenvalue weighted by atomic mass is 10.0. The summed E-state index contributed by atoms with van der Waals surface area (Å²) in [7, 11) is 0. The van der Waals surface area contributed by atoms with Gasteiger partial charge in [0.2, 0.25) is 0 Å². The van der Waals surface area contributed by atoms with Crippen LogP contribution in [0.25, 0.3) is 16.9 Å². The van der Waals surface area contributed by atoms with Crippen LogP contribution in [0.15, 0.2) is 48.8 Å². The van der Waals surface area contributed by atoms with E-state index in [4.69, 9.17) is 9.72 Å². The lowest BCUT2D eigenvalue weighted by Gasteiger charge is -2.22. The average Bonchev–Trinajstić information content (AvgIpc) is 3.05. The molecule has 1 N–H and O–H groups in total. The van der Waals surface area contributed by atoms with Gasteiger partial charge in [-0.25, -0.2) is 9.97 Å². The van der Waals surface area contributed by atoms with E-state index in [1.165, 1.54) is 6.42 Å². The highest BCUT2D eigenvalue weighted by Crippen LogP contribution is 2.18. The maximum absolute atomic E-state index is 5.53. The van der Waals surface area contributed by atoms with Crippen LogP contribution in [0, 0.1) is 5.92 Å². The van der Waals surface area contributed by atoms with Crippen LogP contribution in [0.4, 0.5) is 5.82 Å². The maximum Gasteiger partial charge on any atom is 0.140 e. The highest BCUT2D eigenvalue weighted by molar-refractivity contribution is 5.76. The molecule has 0 spiro atoms. The van der Waals surface area contributed by atoms with Gasteiger partial charge in [0.15, 0.2) is 0 Å². The quantitative estimate of drug-likeness (QED) is 0.804. The van der Waals surface area contributed by atoms with E-state index >= 15 is 0 Å². The van der Waals surface area contributed by atoms with Crippen molar-refractivity contribution in [1.82, 2.24) is 14.5 Å². The number of nitrogens with one attached hydrogen (secondary N) is 1. The topological polar surface area (TPSA) is 52.0 Å². The van der Waals surface area contributed by atoms with Gasteiger partial charge >= 0.3 is 0 Å². The molecule has 1 saturated heterocycles. The minimum atomic E-state index is 0.572. The van der Waals surface area contributed by atoms with Crippen LogP contribution >= 0.6 is 0 Å². The SMILES string of the molecule is c1cc(NC[C@H]2CCCOC2)nc(-n2cnc3ccccc32)c1. The van der Waals surface area contributed by atoms with Gasteiger partial charge < -0.3 is 10.1 Å². The zero-order valence-electron chi connectivity index (χ0n) is 13.0. The number of pyridine rings is 1. The first-order valence-corrected chi connectivity index (χ1v) is 8.11. The van der Waals surface area contributed by atoms with E-state index in [0.29, 0.717) is 5.92 Å². The molecule has 1 fully saturated rings. The largest absolute Gasteiger partial charge is 0.381 e. The number of nitrogens with zero attached hydrogens (tertiary/aromatic N) is 3. The van der Waals surface area contributed by atoms with Crippen LogP contribution in [0.3, 0.4) is 0 Å². The molecule has 0 saturated carbocycles. The number of benzene rings is 1. The summed E-state index contributed by atoms with van der Waals surface area (Å²) in [6, 6.07) is 14.1. The van der Waals surface area contributed by atoms with Crippen molar-refractivity contribution in [3.63, 3.8) is 0 Å². The van der Waals surface area contributed by atoms with Crippen LogP contribution in [-0.2, 0) is 4.74 Å². The monoisotopic (exact) mass is 308 g/mol. The average molecular weight is 308 g/mol. The standard InChI is InChI=1S/C18H20N4O/c1-2-7-16-15(6-1)20-13-22(16)18-9-3-8-17(21-18)19-11-14-5-4-10-23-12-14/h1-3,6-9,13-14H,4-5,10-12H2,(H,19,21)/t14-/m1/s1. The lowest BCUT2D eigenvalue weighted by molar-refractivity contribution is 0.0595. The number of aromatic nitrogens is 3. The first-order valence-electron chi connectivity index (χ1n) is 8.11.